The molecule has 0 radical (unpaired) electrons. The van der Waals surface area contributed by atoms with Gasteiger partial charge in [0.15, 0.2) is 0 Å². The van der Waals surface area contributed by atoms with E-state index >= 15 is 0 Å². The van der Waals surface area contributed by atoms with Crippen LogP contribution in [0, 0.1) is 5.82 Å². The third-order valence-electron chi connectivity index (χ3n) is 4.47. The highest BCUT2D eigenvalue weighted by Gasteiger charge is 2.13. The molecule has 146 valence electrons. The van der Waals surface area contributed by atoms with Crippen molar-refractivity contribution in [2.45, 2.75) is 19.3 Å². The van der Waals surface area contributed by atoms with Gasteiger partial charge < -0.3 is 10.2 Å². The van der Waals surface area contributed by atoms with E-state index in [1.807, 2.05) is 20.2 Å². The van der Waals surface area contributed by atoms with Crippen LogP contribution in [0.3, 0.4) is 0 Å². The topological polar surface area (TPSA) is 78.1 Å². The summed E-state index contributed by atoms with van der Waals surface area (Å²) in [5.41, 5.74) is 0.952. The lowest BCUT2D eigenvalue weighted by molar-refractivity contribution is -0.116. The van der Waals surface area contributed by atoms with Crippen LogP contribution in [0.1, 0.15) is 19.3 Å². The predicted octanol–water partition coefficient (Wildman–Crippen LogP) is 3.40. The van der Waals surface area contributed by atoms with Gasteiger partial charge in [-0.1, -0.05) is 18.2 Å². The van der Waals surface area contributed by atoms with Crippen LogP contribution in [-0.4, -0.2) is 41.6 Å². The van der Waals surface area contributed by atoms with E-state index < -0.39 is 5.82 Å². The van der Waals surface area contributed by atoms with Crippen molar-refractivity contribution in [2.75, 3.05) is 26.0 Å². The van der Waals surface area contributed by atoms with E-state index in [9.17, 15) is 14.0 Å². The highest BCUT2D eigenvalue weighted by Crippen LogP contribution is 2.28. The smallest absolute Gasteiger partial charge is 0.272 e. The molecule has 0 unspecified atom stereocenters. The van der Waals surface area contributed by atoms with E-state index in [1.165, 1.54) is 6.07 Å². The SMILES string of the molecule is CN(C)CCCCC(=O)Nc1cc(-c2n[nH]c(=O)c3ccccc23)ccc1F. The molecule has 0 saturated heterocycles. The summed E-state index contributed by atoms with van der Waals surface area (Å²) in [6.45, 7) is 0.905. The quantitative estimate of drug-likeness (QED) is 0.614. The third kappa shape index (κ3) is 4.61. The number of carbonyl (C=O) groups is 1. The number of hydrogen-bond donors (Lipinski definition) is 2. The normalized spacial score (nSPS) is 11.1. The standard InChI is InChI=1S/C21H23FN4O2/c1-26(2)12-6-5-9-19(27)23-18-13-14(10-11-17(18)22)20-15-7-3-4-8-16(15)21(28)25-24-20/h3-4,7-8,10-11,13H,5-6,9,12H2,1-2H3,(H,23,27)(H,25,28). The highest BCUT2D eigenvalue weighted by molar-refractivity contribution is 5.95. The number of fused-ring (bicyclic) bond motifs is 1. The average Bonchev–Trinajstić information content (AvgIpc) is 2.68. The fraction of sp³-hybridized carbons (Fsp3) is 0.286. The molecule has 0 saturated carbocycles. The highest BCUT2D eigenvalue weighted by atomic mass is 19.1. The molecule has 0 aliphatic heterocycles. The second-order valence-electron chi connectivity index (χ2n) is 6.95. The molecule has 0 fully saturated rings. The van der Waals surface area contributed by atoms with Gasteiger partial charge in [0.1, 0.15) is 5.82 Å². The van der Waals surface area contributed by atoms with Crippen molar-refractivity contribution in [3.63, 3.8) is 0 Å². The first-order chi connectivity index (χ1) is 13.5. The lowest BCUT2D eigenvalue weighted by atomic mass is 10.0. The van der Waals surface area contributed by atoms with Gasteiger partial charge in [-0.25, -0.2) is 9.49 Å². The number of aromatic amines is 1. The van der Waals surface area contributed by atoms with Crippen molar-refractivity contribution in [3.05, 3.63) is 58.6 Å². The van der Waals surface area contributed by atoms with Crippen molar-refractivity contribution in [3.8, 4) is 11.3 Å². The molecule has 0 aliphatic rings. The van der Waals surface area contributed by atoms with Gasteiger partial charge in [-0.3, -0.25) is 9.59 Å². The van der Waals surface area contributed by atoms with Gasteiger partial charge in [0.25, 0.3) is 5.56 Å². The molecule has 6 nitrogen and oxygen atoms in total. The minimum atomic E-state index is -0.515. The van der Waals surface area contributed by atoms with E-state index in [1.54, 1.807) is 30.3 Å². The number of amides is 1. The minimum absolute atomic E-state index is 0.104. The molecule has 0 spiro atoms. The molecule has 7 heteroatoms. The summed E-state index contributed by atoms with van der Waals surface area (Å²) in [5, 5.41) is 10.4. The third-order valence-corrected chi connectivity index (χ3v) is 4.47. The van der Waals surface area contributed by atoms with Gasteiger partial charge in [-0.05, 0) is 57.7 Å². The molecule has 0 atom stereocenters. The second kappa shape index (κ2) is 8.75. The molecule has 3 rings (SSSR count). The zero-order valence-corrected chi connectivity index (χ0v) is 16.0. The van der Waals surface area contributed by atoms with E-state index in [2.05, 4.69) is 20.4 Å². The monoisotopic (exact) mass is 382 g/mol. The number of halogens is 1. The summed E-state index contributed by atoms with van der Waals surface area (Å²) >= 11 is 0. The van der Waals surface area contributed by atoms with E-state index in [0.717, 1.165) is 19.4 Å². The molecule has 2 aromatic carbocycles. The number of anilines is 1. The number of aromatic nitrogens is 2. The number of unbranched alkanes of at least 4 members (excludes halogenated alkanes) is 1. The number of H-pyrrole nitrogens is 1. The van der Waals surface area contributed by atoms with Gasteiger partial charge in [0.2, 0.25) is 5.91 Å². The minimum Gasteiger partial charge on any atom is -0.324 e. The van der Waals surface area contributed by atoms with Crippen molar-refractivity contribution < 1.29 is 9.18 Å². The van der Waals surface area contributed by atoms with Gasteiger partial charge in [-0.2, -0.15) is 5.10 Å². The summed E-state index contributed by atoms with van der Waals surface area (Å²) in [6.07, 6.45) is 1.96. The van der Waals surface area contributed by atoms with Gasteiger partial charge >= 0.3 is 0 Å². The van der Waals surface area contributed by atoms with Crippen LogP contribution in [-0.2, 0) is 4.79 Å². The largest absolute Gasteiger partial charge is 0.324 e. The zero-order chi connectivity index (χ0) is 20.1. The maximum Gasteiger partial charge on any atom is 0.272 e. The summed E-state index contributed by atoms with van der Waals surface area (Å²) in [7, 11) is 3.96. The Balaban J connectivity index is 1.82. The molecule has 1 aromatic heterocycles. The van der Waals surface area contributed by atoms with Crippen LogP contribution in [0.4, 0.5) is 10.1 Å². The Bertz CT molecular complexity index is 1050. The zero-order valence-electron chi connectivity index (χ0n) is 16.0. The average molecular weight is 382 g/mol. The van der Waals surface area contributed by atoms with Crippen molar-refractivity contribution in [2.24, 2.45) is 0 Å². The lowest BCUT2D eigenvalue weighted by Gasteiger charge is -2.11. The Labute approximate surface area is 162 Å². The Kier molecular flexibility index (Phi) is 6.16. The van der Waals surface area contributed by atoms with Crippen LogP contribution in [0.25, 0.3) is 22.0 Å². The first-order valence-electron chi connectivity index (χ1n) is 9.17. The maximum absolute atomic E-state index is 14.2. The molecular formula is C21H23FN4O2. The van der Waals surface area contributed by atoms with E-state index in [-0.39, 0.29) is 17.2 Å². The lowest BCUT2D eigenvalue weighted by Crippen LogP contribution is -2.15. The van der Waals surface area contributed by atoms with Crippen LogP contribution in [0.15, 0.2) is 47.3 Å². The van der Waals surface area contributed by atoms with Crippen LogP contribution < -0.4 is 10.9 Å². The van der Waals surface area contributed by atoms with Crippen molar-refractivity contribution >= 4 is 22.4 Å². The molecule has 2 N–H and O–H groups in total. The van der Waals surface area contributed by atoms with Crippen LogP contribution >= 0.6 is 0 Å². The van der Waals surface area contributed by atoms with Gasteiger partial charge in [0.05, 0.1) is 16.8 Å². The van der Waals surface area contributed by atoms with Crippen molar-refractivity contribution in [1.82, 2.24) is 15.1 Å². The van der Waals surface area contributed by atoms with Gasteiger partial charge in [-0.15, -0.1) is 0 Å². The number of carbonyl (C=O) groups excluding carboxylic acids is 1. The molecule has 1 amide bonds. The summed E-state index contributed by atoms with van der Waals surface area (Å²) in [6, 6.07) is 11.5. The summed E-state index contributed by atoms with van der Waals surface area (Å²) in [5.74, 6) is -0.742. The summed E-state index contributed by atoms with van der Waals surface area (Å²) < 4.78 is 14.2. The van der Waals surface area contributed by atoms with Crippen LogP contribution in [0.5, 0.6) is 0 Å². The molecule has 1 heterocycles. The van der Waals surface area contributed by atoms with Gasteiger partial charge in [0, 0.05) is 17.4 Å². The number of rotatable bonds is 7. The Hall–Kier alpha value is -3.06. The fourth-order valence-corrected chi connectivity index (χ4v) is 3.03. The molecule has 0 aliphatic carbocycles. The first kappa shape index (κ1) is 19.7. The second-order valence-corrected chi connectivity index (χ2v) is 6.95. The fourth-order valence-electron chi connectivity index (χ4n) is 3.03. The number of benzene rings is 2. The molecule has 0 bridgehead atoms. The maximum atomic E-state index is 14.2. The first-order valence-corrected chi connectivity index (χ1v) is 9.17. The van der Waals surface area contributed by atoms with Crippen LogP contribution in [0.2, 0.25) is 0 Å². The van der Waals surface area contributed by atoms with Crippen molar-refractivity contribution in [1.29, 1.82) is 0 Å². The molecular weight excluding hydrogens is 359 g/mol. The van der Waals surface area contributed by atoms with E-state index in [4.69, 9.17) is 0 Å². The molecule has 28 heavy (non-hydrogen) atoms. The number of nitrogens with zero attached hydrogens (tertiary/aromatic N) is 2. The molecule has 3 aromatic rings. The van der Waals surface area contributed by atoms with E-state index in [0.29, 0.717) is 28.5 Å². The predicted molar refractivity (Wildman–Crippen MR) is 109 cm³/mol. The Morgan fingerprint density at radius 3 is 2.64 bits per heavy atom. The Morgan fingerprint density at radius 1 is 1.14 bits per heavy atom. The summed E-state index contributed by atoms with van der Waals surface area (Å²) in [4.78, 5) is 26.2. The number of hydrogen-bond acceptors (Lipinski definition) is 4. The Morgan fingerprint density at radius 2 is 1.89 bits per heavy atom. The number of nitrogens with one attached hydrogen (secondary N) is 2.